The number of nitrogens with zero attached hydrogens (tertiary/aromatic N) is 4. The predicted molar refractivity (Wildman–Crippen MR) is 237 cm³/mol. The average Bonchev–Trinajstić information content (AvgIpc) is 3.83. The molecule has 0 atom stereocenters. The van der Waals surface area contributed by atoms with Gasteiger partial charge in [0.2, 0.25) is 0 Å². The molecule has 0 amide bonds. The Balaban J connectivity index is 0.000000329. The van der Waals surface area contributed by atoms with E-state index < -0.39 is 0 Å². The van der Waals surface area contributed by atoms with Crippen molar-refractivity contribution in [1.29, 1.82) is 0 Å². The van der Waals surface area contributed by atoms with Gasteiger partial charge in [-0.15, -0.1) is 58.0 Å². The van der Waals surface area contributed by atoms with Crippen LogP contribution in [0.3, 0.4) is 0 Å². The molecule has 5 aromatic heterocycles. The van der Waals surface area contributed by atoms with E-state index in [1.54, 1.807) is 34.0 Å². The third kappa shape index (κ3) is 13.8. The Bertz CT molecular complexity index is 1620. The Morgan fingerprint density at radius 2 is 0.977 bits per heavy atom. The minimum atomic E-state index is 0. The second-order valence-electron chi connectivity index (χ2n) is 7.35. The maximum absolute atomic E-state index is 4.49. The molecule has 7 rings (SSSR count). The van der Waals surface area contributed by atoms with Crippen LogP contribution in [0.4, 0.5) is 0 Å². The van der Waals surface area contributed by atoms with E-state index in [0.29, 0.717) is 13.3 Å². The topological polar surface area (TPSA) is 51.6 Å². The zero-order valence-electron chi connectivity index (χ0n) is 21.2. The molecule has 5 heterocycles. The second kappa shape index (κ2) is 25.2. The van der Waals surface area contributed by atoms with Crippen LogP contribution >= 0.6 is 188 Å². The summed E-state index contributed by atoms with van der Waals surface area (Å²) >= 11 is 24.1. The summed E-state index contributed by atoms with van der Waals surface area (Å²) in [5.41, 5.74) is 6.23. The van der Waals surface area contributed by atoms with Crippen molar-refractivity contribution in [3.05, 3.63) is 90.6 Å². The van der Waals surface area contributed by atoms with Gasteiger partial charge in [0.15, 0.2) is 0 Å². The van der Waals surface area contributed by atoms with Crippen LogP contribution in [0.15, 0.2) is 85.7 Å². The standard InChI is InChI=1S/C14H8N2S3.C6H2Br2N2S.C5H6S.I3.I2.HI.Pd/c1-3-11(17-7-1)9-5-6-10(12-4-2-8-18-12)14-13(9)15-19-16-14;7-3-1-2-4(8)6-5(3)9-11-10-6;1-5-3-2-4-6-5;1-3-2;1-2;;/h1-8H;1-2H;2-4H,1H3;;;1H;/q;;;-1;;;. The molecule has 0 saturated heterocycles. The molecule has 0 unspecified atom stereocenters. The second-order valence-corrected chi connectivity index (χ2v) is 29.4. The molecule has 0 bridgehead atoms. The van der Waals surface area contributed by atoms with Gasteiger partial charge in [0, 0.05) is 92.4 Å². The molecule has 0 saturated carbocycles. The predicted octanol–water partition coefficient (Wildman–Crippen LogP) is 11.6. The van der Waals surface area contributed by atoms with Crippen molar-refractivity contribution in [2.24, 2.45) is 0 Å². The van der Waals surface area contributed by atoms with Crippen molar-refractivity contribution in [1.82, 2.24) is 17.5 Å². The molecule has 0 aliphatic carbocycles. The van der Waals surface area contributed by atoms with Crippen molar-refractivity contribution >= 4 is 210 Å². The molecule has 0 N–H and O–H groups in total. The summed E-state index contributed by atoms with van der Waals surface area (Å²) in [4.78, 5) is 3.88. The first-order valence-corrected chi connectivity index (χ1v) is 35.5. The number of hydrogen-bond donors (Lipinski definition) is 0. The van der Waals surface area contributed by atoms with Gasteiger partial charge in [-0.05, 0) is 85.3 Å². The summed E-state index contributed by atoms with van der Waals surface area (Å²) in [7, 11) is 0. The number of halogens is 8. The van der Waals surface area contributed by atoms with Gasteiger partial charge in [-0.3, -0.25) is 0 Å². The molecule has 0 radical (unpaired) electrons. The van der Waals surface area contributed by atoms with Gasteiger partial charge < -0.3 is 0 Å². The maximum Gasteiger partial charge on any atom is 0.114 e. The van der Waals surface area contributed by atoms with Crippen LogP contribution in [0.2, 0.25) is 0 Å². The number of thiophene rings is 3. The van der Waals surface area contributed by atoms with Crippen LogP contribution in [0.25, 0.3) is 42.9 Å². The van der Waals surface area contributed by atoms with Crippen LogP contribution in [0.1, 0.15) is 4.88 Å². The maximum atomic E-state index is 4.49. The number of aryl methyl sites for hydroxylation is 1. The Morgan fingerprint density at radius 3 is 1.28 bits per heavy atom. The summed E-state index contributed by atoms with van der Waals surface area (Å²) < 4.78 is 19.2. The first-order chi connectivity index (χ1) is 20.0. The monoisotopic (exact) mass is 1560 g/mol. The van der Waals surface area contributed by atoms with Gasteiger partial charge >= 0.3 is 50.5 Å². The Hall–Kier alpha value is 3.18. The zero-order chi connectivity index (χ0) is 29.6. The average molecular weight is 1560 g/mol. The van der Waals surface area contributed by atoms with Crippen molar-refractivity contribution in [3.63, 3.8) is 0 Å². The fourth-order valence-electron chi connectivity index (χ4n) is 3.29. The number of rotatable bonds is 2. The van der Waals surface area contributed by atoms with Crippen LogP contribution < -0.4 is 13.3 Å². The Labute approximate surface area is 371 Å². The minimum Gasteiger partial charge on any atom is -0.172 e. The quantitative estimate of drug-likeness (QED) is 0.128. The van der Waals surface area contributed by atoms with E-state index in [1.165, 1.54) is 49.2 Å². The molecule has 0 aliphatic rings. The fourth-order valence-corrected chi connectivity index (χ4v) is 7.53. The van der Waals surface area contributed by atoms with Gasteiger partial charge in [0.05, 0.1) is 23.5 Å². The molecule has 43 heavy (non-hydrogen) atoms. The largest absolute Gasteiger partial charge is 0.172 e. The van der Waals surface area contributed by atoms with Crippen LogP contribution in [0.5, 0.6) is 0 Å². The van der Waals surface area contributed by atoms with Crippen molar-refractivity contribution in [2.45, 2.75) is 6.92 Å². The first kappa shape index (κ1) is 44.2. The van der Waals surface area contributed by atoms with Crippen LogP contribution in [-0.4, -0.2) is 17.5 Å². The van der Waals surface area contributed by atoms with Crippen molar-refractivity contribution in [2.75, 3.05) is 0 Å². The van der Waals surface area contributed by atoms with Crippen LogP contribution in [-0.2, 0) is 20.4 Å². The van der Waals surface area contributed by atoms with Gasteiger partial charge in [-0.1, -0.05) is 30.3 Å². The van der Waals surface area contributed by atoms with Gasteiger partial charge in [-0.25, -0.2) is 0 Å². The van der Waals surface area contributed by atoms with Crippen LogP contribution in [0, 0.1) is 6.92 Å². The van der Waals surface area contributed by atoms with E-state index in [1.807, 2.05) is 12.1 Å². The molecule has 4 nitrogen and oxygen atoms in total. The zero-order valence-corrected chi connectivity index (χ0v) is 43.1. The van der Waals surface area contributed by atoms with Crippen molar-refractivity contribution in [3.8, 4) is 20.9 Å². The van der Waals surface area contributed by atoms with E-state index in [9.17, 15) is 0 Å². The number of fused-ring (bicyclic) bond motifs is 2. The van der Waals surface area contributed by atoms with E-state index >= 15 is 0 Å². The molecule has 2 aromatic carbocycles. The summed E-state index contributed by atoms with van der Waals surface area (Å²) in [5.74, 6) is 0. The number of hydrogen-bond acceptors (Lipinski definition) is 9. The van der Waals surface area contributed by atoms with E-state index in [4.69, 9.17) is 0 Å². The fraction of sp³-hybridized carbons (Fsp3) is 0.0400. The van der Waals surface area contributed by atoms with E-state index in [0.717, 1.165) is 31.0 Å². The number of aromatic nitrogens is 4. The Kier molecular flexibility index (Phi) is 25.9. The molecule has 0 spiro atoms. The number of benzene rings is 2. The van der Waals surface area contributed by atoms with Gasteiger partial charge in [0.25, 0.3) is 0 Å². The minimum absolute atomic E-state index is 0. The SMILES string of the molecule is Brc1ccc(Br)c2nsnc12.Cc1cccs1.I.II.I[I-]I.[Pd].c1csc(-c2ccc(-c3cccs3)c3nsnc23)c1. The Morgan fingerprint density at radius 1 is 0.605 bits per heavy atom. The van der Waals surface area contributed by atoms with Crippen molar-refractivity contribution < 1.29 is 33.7 Å². The summed E-state index contributed by atoms with van der Waals surface area (Å²) in [6.07, 6.45) is 0. The first-order valence-electron chi connectivity index (χ1n) is 10.9. The van der Waals surface area contributed by atoms with E-state index in [-0.39, 0.29) is 44.4 Å². The molecule has 0 fully saturated rings. The third-order valence-electron chi connectivity index (χ3n) is 4.97. The normalized spacial score (nSPS) is 9.56. The molecule has 7 aromatic rings. The van der Waals surface area contributed by atoms with Gasteiger partial charge in [-0.2, -0.15) is 17.5 Å². The molecular formula is C25H17Br2I6N4PdS5-. The van der Waals surface area contributed by atoms with E-state index in [2.05, 4.69) is 195 Å². The molecule has 18 heteroatoms. The van der Waals surface area contributed by atoms with Gasteiger partial charge in [0.1, 0.15) is 22.1 Å². The smallest absolute Gasteiger partial charge is 0.114 e. The third-order valence-corrected chi connectivity index (χ3v) is 9.91. The molecule has 0 aliphatic heterocycles. The summed E-state index contributed by atoms with van der Waals surface area (Å²) in [6, 6.07) is 20.8. The molecule has 234 valence electrons. The summed E-state index contributed by atoms with van der Waals surface area (Å²) in [5, 5.41) is 6.26. The summed E-state index contributed by atoms with van der Waals surface area (Å²) in [6.45, 7) is 2.10. The molecular weight excluding hydrogens is 1540 g/mol.